The highest BCUT2D eigenvalue weighted by molar-refractivity contribution is 14.1. The molecule has 0 amide bonds. The minimum atomic E-state index is 1.29. The smallest absolute Gasteiger partial charge is 0.0211 e. The summed E-state index contributed by atoms with van der Waals surface area (Å²) in [5.41, 5.74) is 3.92. The van der Waals surface area contributed by atoms with Gasteiger partial charge in [-0.2, -0.15) is 0 Å². The lowest BCUT2D eigenvalue weighted by Gasteiger charge is -2.05. The van der Waals surface area contributed by atoms with Crippen molar-refractivity contribution in [3.8, 4) is 11.1 Å². The first-order valence-electron chi connectivity index (χ1n) is 4.59. The van der Waals surface area contributed by atoms with Crippen molar-refractivity contribution in [3.05, 3.63) is 57.7 Å². The van der Waals surface area contributed by atoms with Gasteiger partial charge in [0.2, 0.25) is 0 Å². The van der Waals surface area contributed by atoms with Gasteiger partial charge in [-0.3, -0.25) is 0 Å². The Balaban J connectivity index is 2.53. The minimum Gasteiger partial charge on any atom is -0.0622 e. The van der Waals surface area contributed by atoms with E-state index in [9.17, 15) is 0 Å². The summed E-state index contributed by atoms with van der Waals surface area (Å²) < 4.78 is 1.31. The molecule has 70 valence electrons. The molecule has 0 radical (unpaired) electrons. The molecule has 1 heteroatoms. The van der Waals surface area contributed by atoms with Crippen LogP contribution in [0.15, 0.2) is 48.5 Å². The van der Waals surface area contributed by atoms with Gasteiger partial charge >= 0.3 is 0 Å². The Kier molecular flexibility index (Phi) is 2.87. The number of benzene rings is 2. The van der Waals surface area contributed by atoms with E-state index >= 15 is 0 Å². The first-order valence-corrected chi connectivity index (χ1v) is 5.67. The van der Waals surface area contributed by atoms with Crippen molar-refractivity contribution in [1.29, 1.82) is 0 Å². The van der Waals surface area contributed by atoms with Crippen LogP contribution in [-0.2, 0) is 0 Å². The molecule has 0 atom stereocenters. The number of hydrogen-bond donors (Lipinski definition) is 0. The van der Waals surface area contributed by atoms with E-state index in [1.54, 1.807) is 0 Å². The number of aryl methyl sites for hydroxylation is 1. The van der Waals surface area contributed by atoms with Crippen LogP contribution in [0, 0.1) is 10.5 Å². The third kappa shape index (κ3) is 1.98. The van der Waals surface area contributed by atoms with Gasteiger partial charge in [-0.1, -0.05) is 48.0 Å². The summed E-state index contributed by atoms with van der Waals surface area (Å²) in [5.74, 6) is 0. The van der Waals surface area contributed by atoms with Crippen LogP contribution in [-0.4, -0.2) is 0 Å². The van der Waals surface area contributed by atoms with Crippen LogP contribution in [0.5, 0.6) is 0 Å². The lowest BCUT2D eigenvalue weighted by molar-refractivity contribution is 1.44. The van der Waals surface area contributed by atoms with E-state index in [4.69, 9.17) is 0 Å². The fourth-order valence-electron chi connectivity index (χ4n) is 1.47. The van der Waals surface area contributed by atoms with Gasteiger partial charge in [-0.25, -0.2) is 0 Å². The van der Waals surface area contributed by atoms with Gasteiger partial charge in [0.1, 0.15) is 0 Å². The average Bonchev–Trinajstić information content (AvgIpc) is 2.19. The molecular formula is C13H11I. The van der Waals surface area contributed by atoms with Crippen LogP contribution in [0.3, 0.4) is 0 Å². The van der Waals surface area contributed by atoms with Gasteiger partial charge in [-0.05, 0) is 46.7 Å². The van der Waals surface area contributed by atoms with E-state index in [-0.39, 0.29) is 0 Å². The summed E-state index contributed by atoms with van der Waals surface area (Å²) in [6.07, 6.45) is 0. The van der Waals surface area contributed by atoms with E-state index in [2.05, 4.69) is 72.0 Å². The molecule has 2 rings (SSSR count). The molecule has 0 spiro atoms. The van der Waals surface area contributed by atoms with Crippen molar-refractivity contribution in [2.75, 3.05) is 0 Å². The van der Waals surface area contributed by atoms with Gasteiger partial charge < -0.3 is 0 Å². The molecule has 2 aromatic carbocycles. The number of rotatable bonds is 1. The topological polar surface area (TPSA) is 0 Å². The normalized spacial score (nSPS) is 10.1. The molecule has 0 N–H and O–H groups in total. The van der Waals surface area contributed by atoms with Crippen LogP contribution in [0.1, 0.15) is 5.56 Å². The summed E-state index contributed by atoms with van der Waals surface area (Å²) in [6, 6.07) is 17.0. The summed E-state index contributed by atoms with van der Waals surface area (Å²) in [5, 5.41) is 0. The SMILES string of the molecule is Cc1ccc(-c2ccccc2)c(I)c1. The van der Waals surface area contributed by atoms with Gasteiger partial charge in [0.15, 0.2) is 0 Å². The zero-order valence-electron chi connectivity index (χ0n) is 8.00. The summed E-state index contributed by atoms with van der Waals surface area (Å²) >= 11 is 2.39. The second-order valence-corrected chi connectivity index (χ2v) is 4.51. The maximum Gasteiger partial charge on any atom is 0.0211 e. The summed E-state index contributed by atoms with van der Waals surface area (Å²) in [7, 11) is 0. The Morgan fingerprint density at radius 1 is 0.929 bits per heavy atom. The molecule has 0 bridgehead atoms. The zero-order valence-corrected chi connectivity index (χ0v) is 10.2. The third-order valence-electron chi connectivity index (χ3n) is 2.21. The Morgan fingerprint density at radius 2 is 1.64 bits per heavy atom. The van der Waals surface area contributed by atoms with Crippen molar-refractivity contribution in [2.45, 2.75) is 6.92 Å². The van der Waals surface area contributed by atoms with Crippen LogP contribution in [0.4, 0.5) is 0 Å². The van der Waals surface area contributed by atoms with Gasteiger partial charge in [0.05, 0.1) is 0 Å². The average molecular weight is 294 g/mol. The van der Waals surface area contributed by atoms with Crippen LogP contribution in [0.25, 0.3) is 11.1 Å². The predicted molar refractivity (Wildman–Crippen MR) is 69.3 cm³/mol. The molecule has 0 saturated heterocycles. The highest BCUT2D eigenvalue weighted by Gasteiger charge is 2.01. The van der Waals surface area contributed by atoms with Gasteiger partial charge in [-0.15, -0.1) is 0 Å². The first kappa shape index (κ1) is 9.71. The van der Waals surface area contributed by atoms with Crippen LogP contribution >= 0.6 is 22.6 Å². The van der Waals surface area contributed by atoms with E-state index in [0.29, 0.717) is 0 Å². The van der Waals surface area contributed by atoms with E-state index in [0.717, 1.165) is 0 Å². The lowest BCUT2D eigenvalue weighted by Crippen LogP contribution is -1.83. The molecular weight excluding hydrogens is 283 g/mol. The Labute approximate surface area is 98.1 Å². The zero-order chi connectivity index (χ0) is 9.97. The predicted octanol–water partition coefficient (Wildman–Crippen LogP) is 4.27. The number of hydrogen-bond acceptors (Lipinski definition) is 0. The van der Waals surface area contributed by atoms with Crippen LogP contribution in [0.2, 0.25) is 0 Å². The monoisotopic (exact) mass is 294 g/mol. The molecule has 0 aliphatic rings. The number of halogens is 1. The molecule has 0 unspecified atom stereocenters. The Bertz CT molecular complexity index is 432. The van der Waals surface area contributed by atoms with Crippen molar-refractivity contribution < 1.29 is 0 Å². The fraction of sp³-hybridized carbons (Fsp3) is 0.0769. The van der Waals surface area contributed by atoms with E-state index in [1.165, 1.54) is 20.3 Å². The summed E-state index contributed by atoms with van der Waals surface area (Å²) in [6.45, 7) is 2.12. The van der Waals surface area contributed by atoms with Crippen molar-refractivity contribution >= 4 is 22.6 Å². The molecule has 2 aromatic rings. The largest absolute Gasteiger partial charge is 0.0622 e. The van der Waals surface area contributed by atoms with Crippen molar-refractivity contribution in [3.63, 3.8) is 0 Å². The standard InChI is InChI=1S/C13H11I/c1-10-7-8-12(13(14)9-10)11-5-3-2-4-6-11/h2-9H,1H3. The molecule has 0 aromatic heterocycles. The molecule has 14 heavy (non-hydrogen) atoms. The second kappa shape index (κ2) is 4.13. The lowest BCUT2D eigenvalue weighted by atomic mass is 10.0. The quantitative estimate of drug-likeness (QED) is 0.689. The van der Waals surface area contributed by atoms with Crippen molar-refractivity contribution in [2.24, 2.45) is 0 Å². The molecule has 0 heterocycles. The minimum absolute atomic E-state index is 1.29. The highest BCUT2D eigenvalue weighted by atomic mass is 127. The molecule has 0 aliphatic carbocycles. The Hall–Kier alpha value is -0.830. The highest BCUT2D eigenvalue weighted by Crippen LogP contribution is 2.25. The Morgan fingerprint density at radius 3 is 2.29 bits per heavy atom. The third-order valence-corrected chi connectivity index (χ3v) is 3.10. The molecule has 0 nitrogen and oxygen atoms in total. The molecule has 0 saturated carbocycles. The fourth-order valence-corrected chi connectivity index (χ4v) is 2.45. The molecule has 0 aliphatic heterocycles. The van der Waals surface area contributed by atoms with Gasteiger partial charge in [0, 0.05) is 3.57 Å². The molecule has 0 fully saturated rings. The second-order valence-electron chi connectivity index (χ2n) is 3.35. The maximum absolute atomic E-state index is 2.39. The van der Waals surface area contributed by atoms with Gasteiger partial charge in [0.25, 0.3) is 0 Å². The van der Waals surface area contributed by atoms with Crippen LogP contribution < -0.4 is 0 Å². The first-order chi connectivity index (χ1) is 6.77. The van der Waals surface area contributed by atoms with E-state index in [1.807, 2.05) is 6.07 Å². The van der Waals surface area contributed by atoms with E-state index < -0.39 is 0 Å². The van der Waals surface area contributed by atoms with Crippen molar-refractivity contribution in [1.82, 2.24) is 0 Å². The maximum atomic E-state index is 2.39. The summed E-state index contributed by atoms with van der Waals surface area (Å²) in [4.78, 5) is 0.